The fourth-order valence-electron chi connectivity index (χ4n) is 2.92. The zero-order valence-electron chi connectivity index (χ0n) is 12.9. The summed E-state index contributed by atoms with van der Waals surface area (Å²) in [5.41, 5.74) is 4.20. The van der Waals surface area contributed by atoms with Crippen LogP contribution in [0.25, 0.3) is 21.5 Å². The maximum atomic E-state index is 13.1. The van der Waals surface area contributed by atoms with E-state index >= 15 is 0 Å². The lowest BCUT2D eigenvalue weighted by Crippen LogP contribution is -2.54. The van der Waals surface area contributed by atoms with Crippen molar-refractivity contribution in [2.75, 3.05) is 11.5 Å². The van der Waals surface area contributed by atoms with Crippen molar-refractivity contribution >= 4 is 32.9 Å². The first-order valence-electron chi connectivity index (χ1n) is 7.24. The molecule has 138 valence electrons. The minimum absolute atomic E-state index is 0.0548. The number of fused-ring (bicyclic) bond motifs is 3. The lowest BCUT2D eigenvalue weighted by Gasteiger charge is -2.33. The number of benzene rings is 3. The average molecular weight is 374 g/mol. The van der Waals surface area contributed by atoms with Crippen LogP contribution in [0.15, 0.2) is 42.5 Å². The molecule has 26 heavy (non-hydrogen) atoms. The molecule has 0 spiro atoms. The fourth-order valence-corrected chi connectivity index (χ4v) is 2.92. The third kappa shape index (κ3) is 2.50. The second-order valence-corrected chi connectivity index (χ2v) is 5.91. The highest BCUT2D eigenvalue weighted by Crippen LogP contribution is 2.52. The third-order valence-electron chi connectivity index (χ3n) is 4.24. The number of alkyl halides is 6. The van der Waals surface area contributed by atoms with Crippen molar-refractivity contribution in [2.45, 2.75) is 18.0 Å². The van der Waals surface area contributed by atoms with E-state index in [1.54, 1.807) is 12.1 Å². The Morgan fingerprint density at radius 3 is 1.77 bits per heavy atom. The minimum Gasteiger partial charge on any atom is -0.399 e. The lowest BCUT2D eigenvalue weighted by molar-refractivity contribution is -0.375. The highest BCUT2D eigenvalue weighted by Gasteiger charge is 2.72. The molecule has 0 fully saturated rings. The number of hydrogen-bond donors (Lipinski definition) is 3. The Morgan fingerprint density at radius 2 is 1.19 bits per heavy atom. The first kappa shape index (κ1) is 18.1. The van der Waals surface area contributed by atoms with Crippen molar-refractivity contribution in [3.05, 3.63) is 48.0 Å². The van der Waals surface area contributed by atoms with E-state index in [2.05, 4.69) is 0 Å². The molecule has 0 unspecified atom stereocenters. The number of nitrogens with two attached hydrogens (primary N) is 2. The van der Waals surface area contributed by atoms with Gasteiger partial charge in [0, 0.05) is 16.9 Å². The molecule has 9 heteroatoms. The largest absolute Gasteiger partial charge is 0.430 e. The van der Waals surface area contributed by atoms with Crippen molar-refractivity contribution in [3.63, 3.8) is 0 Å². The van der Waals surface area contributed by atoms with Crippen molar-refractivity contribution in [1.29, 1.82) is 0 Å². The summed E-state index contributed by atoms with van der Waals surface area (Å²) in [4.78, 5) is 0. The van der Waals surface area contributed by atoms with Gasteiger partial charge < -0.3 is 16.6 Å². The molecule has 3 aromatic rings. The molecular formula is C17H12F6N2O. The molecule has 0 aliphatic heterocycles. The summed E-state index contributed by atoms with van der Waals surface area (Å²) in [6.45, 7) is 0. The SMILES string of the molecule is Nc1ccc2ccc3cc(C(O)(C(F)(F)F)C(F)(F)F)c(N)cc3c2c1. The van der Waals surface area contributed by atoms with Crippen LogP contribution in [0, 0.1) is 0 Å². The van der Waals surface area contributed by atoms with Crippen molar-refractivity contribution in [2.24, 2.45) is 0 Å². The van der Waals surface area contributed by atoms with E-state index in [1.807, 2.05) is 0 Å². The van der Waals surface area contributed by atoms with Crippen molar-refractivity contribution in [3.8, 4) is 0 Å². The molecular weight excluding hydrogens is 362 g/mol. The van der Waals surface area contributed by atoms with Gasteiger partial charge in [-0.25, -0.2) is 0 Å². The van der Waals surface area contributed by atoms with Crippen LogP contribution in [0.4, 0.5) is 37.7 Å². The smallest absolute Gasteiger partial charge is 0.399 e. The summed E-state index contributed by atoms with van der Waals surface area (Å²) in [5.74, 6) is 0. The normalized spacial score (nSPS) is 13.5. The van der Waals surface area contributed by atoms with Gasteiger partial charge in [-0.3, -0.25) is 0 Å². The molecule has 0 aromatic heterocycles. The van der Waals surface area contributed by atoms with E-state index in [0.717, 1.165) is 6.07 Å². The van der Waals surface area contributed by atoms with Crippen LogP contribution < -0.4 is 11.5 Å². The first-order valence-corrected chi connectivity index (χ1v) is 7.24. The Hall–Kier alpha value is -2.68. The van der Waals surface area contributed by atoms with Gasteiger partial charge in [-0.05, 0) is 45.8 Å². The molecule has 0 saturated carbocycles. The molecule has 3 aromatic carbocycles. The van der Waals surface area contributed by atoms with Gasteiger partial charge in [0.05, 0.1) is 0 Å². The van der Waals surface area contributed by atoms with Gasteiger partial charge >= 0.3 is 12.4 Å². The number of anilines is 2. The van der Waals surface area contributed by atoms with Crippen LogP contribution in [-0.4, -0.2) is 17.5 Å². The topological polar surface area (TPSA) is 72.3 Å². The van der Waals surface area contributed by atoms with E-state index in [1.165, 1.54) is 18.2 Å². The van der Waals surface area contributed by atoms with E-state index in [0.29, 0.717) is 27.9 Å². The zero-order chi connectivity index (χ0) is 19.5. The molecule has 0 bridgehead atoms. The second-order valence-electron chi connectivity index (χ2n) is 5.91. The summed E-state index contributed by atoms with van der Waals surface area (Å²) in [5, 5.41) is 11.2. The van der Waals surface area contributed by atoms with Crippen LogP contribution in [0.1, 0.15) is 5.56 Å². The van der Waals surface area contributed by atoms with E-state index < -0.39 is 29.2 Å². The number of aliphatic hydroxyl groups is 1. The quantitative estimate of drug-likeness (QED) is 0.334. The van der Waals surface area contributed by atoms with Crippen LogP contribution in [0.3, 0.4) is 0 Å². The summed E-state index contributed by atoms with van der Waals surface area (Å²) in [7, 11) is 0. The molecule has 3 nitrogen and oxygen atoms in total. The highest BCUT2D eigenvalue weighted by molar-refractivity contribution is 6.09. The summed E-state index contributed by atoms with van der Waals surface area (Å²) in [6.07, 6.45) is -12.0. The van der Waals surface area contributed by atoms with Crippen molar-refractivity contribution in [1.82, 2.24) is 0 Å². The van der Waals surface area contributed by atoms with Gasteiger partial charge in [-0.15, -0.1) is 0 Å². The van der Waals surface area contributed by atoms with E-state index in [4.69, 9.17) is 11.5 Å². The summed E-state index contributed by atoms with van der Waals surface area (Å²) in [6, 6.07) is 9.27. The fraction of sp³-hybridized carbons (Fsp3) is 0.176. The lowest BCUT2D eigenvalue weighted by atomic mass is 9.88. The van der Waals surface area contributed by atoms with Gasteiger partial charge in [0.1, 0.15) is 0 Å². The van der Waals surface area contributed by atoms with Crippen molar-refractivity contribution < 1.29 is 31.4 Å². The zero-order valence-corrected chi connectivity index (χ0v) is 12.9. The molecule has 5 N–H and O–H groups in total. The second kappa shape index (κ2) is 5.41. The van der Waals surface area contributed by atoms with Gasteiger partial charge in [0.2, 0.25) is 0 Å². The molecule has 0 amide bonds. The van der Waals surface area contributed by atoms with Gasteiger partial charge in [-0.1, -0.05) is 18.2 Å². The maximum absolute atomic E-state index is 13.1. The average Bonchev–Trinajstić information content (AvgIpc) is 2.51. The van der Waals surface area contributed by atoms with Crippen LogP contribution in [-0.2, 0) is 5.60 Å². The van der Waals surface area contributed by atoms with Gasteiger partial charge in [-0.2, -0.15) is 26.3 Å². The predicted molar refractivity (Wildman–Crippen MR) is 86.3 cm³/mol. The standard InChI is InChI=1S/C17H12F6N2O/c18-16(19,20)15(26,17(21,22)23)13-5-9-2-1-8-3-4-10(24)6-11(8)12(9)7-14(13)25/h1-7,26H,24-25H2. The Kier molecular flexibility index (Phi) is 3.77. The van der Waals surface area contributed by atoms with Crippen LogP contribution in [0.5, 0.6) is 0 Å². The highest BCUT2D eigenvalue weighted by atomic mass is 19.4. The van der Waals surface area contributed by atoms with Gasteiger partial charge in [0.15, 0.2) is 0 Å². The minimum atomic E-state index is -6.01. The molecule has 3 rings (SSSR count). The molecule has 0 heterocycles. The number of nitrogen functional groups attached to an aromatic ring is 2. The summed E-state index contributed by atoms with van der Waals surface area (Å²) >= 11 is 0. The van der Waals surface area contributed by atoms with E-state index in [-0.39, 0.29) is 5.39 Å². The Balaban J connectivity index is 2.38. The maximum Gasteiger partial charge on any atom is 0.430 e. The van der Waals surface area contributed by atoms with Crippen LogP contribution in [0.2, 0.25) is 0 Å². The molecule has 0 radical (unpaired) electrons. The Morgan fingerprint density at radius 1 is 0.692 bits per heavy atom. The van der Waals surface area contributed by atoms with Crippen LogP contribution >= 0.6 is 0 Å². The predicted octanol–water partition coefficient (Wildman–Crippen LogP) is 4.47. The Labute approximate surface area is 142 Å². The van der Waals surface area contributed by atoms with E-state index in [9.17, 15) is 31.4 Å². The molecule has 0 aliphatic carbocycles. The Bertz CT molecular complexity index is 996. The number of rotatable bonds is 1. The molecule has 0 aliphatic rings. The molecule has 0 atom stereocenters. The third-order valence-corrected chi connectivity index (χ3v) is 4.24. The summed E-state index contributed by atoms with van der Waals surface area (Å²) < 4.78 is 78.8. The first-order chi connectivity index (χ1) is 11.9. The molecule has 0 saturated heterocycles. The van der Waals surface area contributed by atoms with Gasteiger partial charge in [0.25, 0.3) is 5.60 Å². The number of halogens is 6. The number of hydrogen-bond acceptors (Lipinski definition) is 3. The monoisotopic (exact) mass is 374 g/mol.